The molecule has 0 aliphatic rings. The molecule has 82 valence electrons. The van der Waals surface area contributed by atoms with Crippen molar-refractivity contribution in [1.82, 2.24) is 0 Å². The van der Waals surface area contributed by atoms with E-state index in [0.29, 0.717) is 11.5 Å². The monoisotopic (exact) mass is 216 g/mol. The molecule has 0 aromatic heterocycles. The number of ether oxygens (including phenoxy) is 2. The molecule has 0 heterocycles. The number of nitriles is 2. The zero-order valence-electron chi connectivity index (χ0n) is 9.28. The Kier molecular flexibility index (Phi) is 4.17. The van der Waals surface area contributed by atoms with E-state index in [4.69, 9.17) is 20.0 Å². The van der Waals surface area contributed by atoms with Crippen LogP contribution >= 0.6 is 0 Å². The average Bonchev–Trinajstić information content (AvgIpc) is 2.29. The van der Waals surface area contributed by atoms with Gasteiger partial charge in [0.15, 0.2) is 0 Å². The van der Waals surface area contributed by atoms with Gasteiger partial charge in [0.05, 0.1) is 39.2 Å². The van der Waals surface area contributed by atoms with Gasteiger partial charge in [0.25, 0.3) is 0 Å². The Morgan fingerprint density at radius 3 is 1.81 bits per heavy atom. The van der Waals surface area contributed by atoms with Crippen LogP contribution in [-0.2, 0) is 12.8 Å². The number of benzene rings is 1. The Labute approximate surface area is 94.6 Å². The topological polar surface area (TPSA) is 66.0 Å². The van der Waals surface area contributed by atoms with Gasteiger partial charge in [0.1, 0.15) is 11.5 Å². The molecule has 0 aliphatic heterocycles. The highest BCUT2D eigenvalue weighted by atomic mass is 16.5. The molecule has 1 rings (SSSR count). The lowest BCUT2D eigenvalue weighted by atomic mass is 10.0. The third-order valence-corrected chi connectivity index (χ3v) is 2.20. The molecule has 0 atom stereocenters. The Morgan fingerprint density at radius 2 is 1.50 bits per heavy atom. The van der Waals surface area contributed by atoms with Crippen LogP contribution in [0.4, 0.5) is 0 Å². The molecule has 0 aliphatic carbocycles. The molecule has 0 radical (unpaired) electrons. The van der Waals surface area contributed by atoms with Crippen molar-refractivity contribution < 1.29 is 9.47 Å². The molecule has 16 heavy (non-hydrogen) atoms. The van der Waals surface area contributed by atoms with E-state index in [0.717, 1.165) is 11.1 Å². The molecule has 0 bridgehead atoms. The first kappa shape index (κ1) is 11.9. The van der Waals surface area contributed by atoms with E-state index in [2.05, 4.69) is 12.1 Å². The summed E-state index contributed by atoms with van der Waals surface area (Å²) in [6.07, 6.45) is 0.470. The fraction of sp³-hybridized carbons (Fsp3) is 0.333. The second kappa shape index (κ2) is 5.63. The van der Waals surface area contributed by atoms with Gasteiger partial charge in [-0.3, -0.25) is 0 Å². The molecule has 0 amide bonds. The van der Waals surface area contributed by atoms with Gasteiger partial charge in [0, 0.05) is 11.1 Å². The number of methoxy groups -OCH3 is 2. The lowest BCUT2D eigenvalue weighted by Gasteiger charge is -2.12. The zero-order chi connectivity index (χ0) is 12.0. The van der Waals surface area contributed by atoms with E-state index in [1.807, 2.05) is 0 Å². The highest BCUT2D eigenvalue weighted by Gasteiger charge is 2.11. The summed E-state index contributed by atoms with van der Waals surface area (Å²) in [5.41, 5.74) is 1.49. The average molecular weight is 216 g/mol. The lowest BCUT2D eigenvalue weighted by molar-refractivity contribution is 0.396. The summed E-state index contributed by atoms with van der Waals surface area (Å²) in [5.74, 6) is 1.24. The van der Waals surface area contributed by atoms with Gasteiger partial charge in [-0.05, 0) is 12.1 Å². The lowest BCUT2D eigenvalue weighted by Crippen LogP contribution is -1.98. The molecule has 1 aromatic rings. The van der Waals surface area contributed by atoms with Gasteiger partial charge < -0.3 is 9.47 Å². The van der Waals surface area contributed by atoms with Gasteiger partial charge in [-0.2, -0.15) is 10.5 Å². The molecule has 0 N–H and O–H groups in total. The van der Waals surface area contributed by atoms with Gasteiger partial charge in [-0.15, -0.1) is 0 Å². The van der Waals surface area contributed by atoms with Gasteiger partial charge in [0.2, 0.25) is 0 Å². The smallest absolute Gasteiger partial charge is 0.127 e. The molecular weight excluding hydrogens is 204 g/mol. The maximum atomic E-state index is 8.71. The summed E-state index contributed by atoms with van der Waals surface area (Å²) < 4.78 is 10.3. The van der Waals surface area contributed by atoms with Crippen LogP contribution in [-0.4, -0.2) is 14.2 Å². The molecule has 1 aromatic carbocycles. The molecule has 0 unspecified atom stereocenters. The van der Waals surface area contributed by atoms with Crippen molar-refractivity contribution in [2.75, 3.05) is 14.2 Å². The van der Waals surface area contributed by atoms with Crippen molar-refractivity contribution in [3.8, 4) is 23.6 Å². The van der Waals surface area contributed by atoms with Crippen LogP contribution in [0.3, 0.4) is 0 Å². The second-order valence-electron chi connectivity index (χ2n) is 3.15. The van der Waals surface area contributed by atoms with Crippen molar-refractivity contribution in [2.45, 2.75) is 12.8 Å². The van der Waals surface area contributed by atoms with E-state index in [-0.39, 0.29) is 12.8 Å². The molecule has 0 fully saturated rings. The third-order valence-electron chi connectivity index (χ3n) is 2.20. The molecule has 0 spiro atoms. The predicted octanol–water partition coefficient (Wildman–Crippen LogP) is 1.84. The minimum Gasteiger partial charge on any atom is -0.497 e. The number of rotatable bonds is 4. The maximum Gasteiger partial charge on any atom is 0.127 e. The van der Waals surface area contributed by atoms with E-state index in [9.17, 15) is 0 Å². The Balaban J connectivity index is 3.30. The van der Waals surface area contributed by atoms with Crippen LogP contribution < -0.4 is 9.47 Å². The summed E-state index contributed by atoms with van der Waals surface area (Å²) in [6, 6.07) is 7.63. The van der Waals surface area contributed by atoms with Crippen molar-refractivity contribution in [3.63, 3.8) is 0 Å². The number of nitrogens with zero attached hydrogens (tertiary/aromatic N) is 2. The summed E-state index contributed by atoms with van der Waals surface area (Å²) in [5, 5.41) is 17.4. The SMILES string of the molecule is COc1cc(CC#N)c(OC)c(CC#N)c1. The van der Waals surface area contributed by atoms with Crippen LogP contribution in [0.2, 0.25) is 0 Å². The van der Waals surface area contributed by atoms with E-state index < -0.39 is 0 Å². The highest BCUT2D eigenvalue weighted by molar-refractivity contribution is 5.49. The van der Waals surface area contributed by atoms with Crippen LogP contribution in [0.25, 0.3) is 0 Å². The Bertz CT molecular complexity index is 418. The molecule has 0 saturated carbocycles. The van der Waals surface area contributed by atoms with Gasteiger partial charge in [-0.1, -0.05) is 0 Å². The minimum absolute atomic E-state index is 0.235. The van der Waals surface area contributed by atoms with Crippen LogP contribution in [0.15, 0.2) is 12.1 Å². The predicted molar refractivity (Wildman–Crippen MR) is 58.2 cm³/mol. The van der Waals surface area contributed by atoms with Gasteiger partial charge >= 0.3 is 0 Å². The van der Waals surface area contributed by atoms with Crippen molar-refractivity contribution in [3.05, 3.63) is 23.3 Å². The molecule has 0 saturated heterocycles. The number of hydrogen-bond acceptors (Lipinski definition) is 4. The Morgan fingerprint density at radius 1 is 1.00 bits per heavy atom. The first-order valence-corrected chi connectivity index (χ1v) is 4.74. The first-order chi connectivity index (χ1) is 7.76. The van der Waals surface area contributed by atoms with Crippen molar-refractivity contribution >= 4 is 0 Å². The fourth-order valence-corrected chi connectivity index (χ4v) is 1.54. The largest absolute Gasteiger partial charge is 0.497 e. The second-order valence-corrected chi connectivity index (χ2v) is 3.15. The molecule has 4 heteroatoms. The summed E-state index contributed by atoms with van der Waals surface area (Å²) in [6.45, 7) is 0. The van der Waals surface area contributed by atoms with Crippen LogP contribution in [0.1, 0.15) is 11.1 Å². The third kappa shape index (κ3) is 2.43. The zero-order valence-corrected chi connectivity index (χ0v) is 9.28. The first-order valence-electron chi connectivity index (χ1n) is 4.74. The summed E-state index contributed by atoms with van der Waals surface area (Å²) >= 11 is 0. The minimum atomic E-state index is 0.235. The van der Waals surface area contributed by atoms with Gasteiger partial charge in [-0.25, -0.2) is 0 Å². The standard InChI is InChI=1S/C12H12N2O2/c1-15-11-7-9(3-5-13)12(16-2)10(8-11)4-6-14/h7-8H,3-4H2,1-2H3. The van der Waals surface area contributed by atoms with E-state index in [1.165, 1.54) is 7.11 Å². The van der Waals surface area contributed by atoms with E-state index >= 15 is 0 Å². The van der Waals surface area contributed by atoms with E-state index in [1.54, 1.807) is 19.2 Å². The molecular formula is C12H12N2O2. The van der Waals surface area contributed by atoms with Crippen LogP contribution in [0, 0.1) is 22.7 Å². The molecule has 4 nitrogen and oxygen atoms in total. The summed E-state index contributed by atoms with van der Waals surface area (Å²) in [7, 11) is 3.08. The van der Waals surface area contributed by atoms with Crippen LogP contribution in [0.5, 0.6) is 11.5 Å². The van der Waals surface area contributed by atoms with Crippen molar-refractivity contribution in [1.29, 1.82) is 10.5 Å². The Hall–Kier alpha value is -2.20. The quantitative estimate of drug-likeness (QED) is 0.770. The summed E-state index contributed by atoms with van der Waals surface area (Å²) in [4.78, 5) is 0. The number of hydrogen-bond donors (Lipinski definition) is 0. The maximum absolute atomic E-state index is 8.71. The fourth-order valence-electron chi connectivity index (χ4n) is 1.54. The normalized spacial score (nSPS) is 9.00. The van der Waals surface area contributed by atoms with Crippen molar-refractivity contribution in [2.24, 2.45) is 0 Å². The highest BCUT2D eigenvalue weighted by Crippen LogP contribution is 2.30.